The van der Waals surface area contributed by atoms with Crippen LogP contribution in [0.3, 0.4) is 0 Å². The highest BCUT2D eigenvalue weighted by Gasteiger charge is 2.71. The first-order valence-corrected chi connectivity index (χ1v) is 16.9. The van der Waals surface area contributed by atoms with Gasteiger partial charge in [-0.25, -0.2) is 0 Å². The molecule has 0 radical (unpaired) electrons. The minimum atomic E-state index is -2.91. The van der Waals surface area contributed by atoms with Gasteiger partial charge in [-0.1, -0.05) is 79.4 Å². The molecule has 2 fully saturated rings. The molecule has 2 N–H and O–H groups in total. The van der Waals surface area contributed by atoms with E-state index in [-0.39, 0.29) is 6.42 Å². The zero-order valence-electron chi connectivity index (χ0n) is 26.6. The molecule has 2 unspecified atom stereocenters. The average Bonchev–Trinajstić information content (AvgIpc) is 3.25. The van der Waals surface area contributed by atoms with Gasteiger partial charge in [0.1, 0.15) is 35.6 Å². The Labute approximate surface area is 272 Å². The Morgan fingerprint density at radius 3 is 2.63 bits per heavy atom. The molecule has 2 heterocycles. The quantitative estimate of drug-likeness (QED) is 0.224. The zero-order chi connectivity index (χ0) is 32.9. The standard InChI is InChI=1S/C37H42O8S/c1-6-12-26(13-7-2)35-33(36(39)43-5)30(38)23-37(40)34-31(45-46(35,37)29-17-11-16-27(41-3)18-20-29)21-19-28(22-32(34)42-4)44-24-25-14-9-8-10-15-25/h6-18,20-22,29-30,33,35,38,40H,1,19,23-24H2,2-5H3/b13-7-,26-12+/t29-,30+,33?,35+,37+/m1/s1. The van der Waals surface area contributed by atoms with Crippen molar-refractivity contribution in [2.24, 2.45) is 5.92 Å². The molecule has 9 heteroatoms. The summed E-state index contributed by atoms with van der Waals surface area (Å²) in [6.45, 7) is 6.15. The van der Waals surface area contributed by atoms with Gasteiger partial charge in [-0.2, -0.15) is 0 Å². The van der Waals surface area contributed by atoms with Crippen molar-refractivity contribution in [3.63, 3.8) is 0 Å². The van der Waals surface area contributed by atoms with Crippen molar-refractivity contribution in [2.75, 3.05) is 21.3 Å². The van der Waals surface area contributed by atoms with E-state index in [1.54, 1.807) is 25.3 Å². The Morgan fingerprint density at radius 2 is 1.96 bits per heavy atom. The maximum absolute atomic E-state index is 13.6. The second-order valence-electron chi connectivity index (χ2n) is 11.2. The first kappa shape index (κ1) is 33.2. The summed E-state index contributed by atoms with van der Waals surface area (Å²) < 4.78 is 30.1. The van der Waals surface area contributed by atoms with Crippen molar-refractivity contribution in [3.8, 4) is 0 Å². The van der Waals surface area contributed by atoms with Crippen LogP contribution < -0.4 is 0 Å². The molecule has 0 saturated carbocycles. The SMILES string of the molecule is C=C/C=C(\C=C/C)[C@H]1C(C(=O)OC)[C@@H](O)C[C@@]2(O)C3=C(OC)C=C(OCc4ccccc4)CC=C3OS12[C@@H]1C=CC=C(OC)C=C1. The molecule has 0 aromatic heterocycles. The van der Waals surface area contributed by atoms with Crippen LogP contribution in [0.5, 0.6) is 0 Å². The molecule has 1 aromatic carbocycles. The highest BCUT2D eigenvalue weighted by molar-refractivity contribution is 8.32. The van der Waals surface area contributed by atoms with Gasteiger partial charge in [0.25, 0.3) is 0 Å². The molecular weight excluding hydrogens is 604 g/mol. The minimum Gasteiger partial charge on any atom is -0.497 e. The predicted octanol–water partition coefficient (Wildman–Crippen LogP) is 6.35. The fourth-order valence-electron chi connectivity index (χ4n) is 6.66. The lowest BCUT2D eigenvalue weighted by Gasteiger charge is -2.59. The molecule has 5 rings (SSSR count). The summed E-state index contributed by atoms with van der Waals surface area (Å²) in [7, 11) is 1.52. The number of hydrogen-bond acceptors (Lipinski definition) is 8. The number of hydrogen-bond donors (Lipinski definition) is 2. The van der Waals surface area contributed by atoms with Crippen LogP contribution in [0, 0.1) is 5.92 Å². The van der Waals surface area contributed by atoms with Crippen molar-refractivity contribution < 1.29 is 38.1 Å². The molecule has 0 spiro atoms. The number of allylic oxidation sites excluding steroid dienone is 9. The molecule has 8 nitrogen and oxygen atoms in total. The van der Waals surface area contributed by atoms with Crippen molar-refractivity contribution in [2.45, 2.75) is 47.9 Å². The highest BCUT2D eigenvalue weighted by atomic mass is 32.3. The smallest absolute Gasteiger partial charge is 0.312 e. The molecule has 0 amide bonds. The van der Waals surface area contributed by atoms with E-state index < -0.39 is 43.7 Å². The molecule has 2 saturated heterocycles. The lowest BCUT2D eigenvalue weighted by molar-refractivity contribution is -0.150. The zero-order valence-corrected chi connectivity index (χ0v) is 27.4. The van der Waals surface area contributed by atoms with Crippen LogP contribution >= 0.6 is 10.3 Å². The summed E-state index contributed by atoms with van der Waals surface area (Å²) >= 11 is 0. The Hall–Kier alpha value is -4.18. The molecule has 46 heavy (non-hydrogen) atoms. The Kier molecular flexibility index (Phi) is 10.2. The first-order chi connectivity index (χ1) is 22.3. The highest BCUT2D eigenvalue weighted by Crippen LogP contribution is 2.81. The average molecular weight is 647 g/mol. The number of carbonyl (C=O) groups is 1. The van der Waals surface area contributed by atoms with Gasteiger partial charge in [-0.05, 0) is 46.6 Å². The topological polar surface area (TPSA) is 104 Å². The van der Waals surface area contributed by atoms with Crippen molar-refractivity contribution >= 4 is 16.3 Å². The first-order valence-electron chi connectivity index (χ1n) is 15.2. The number of esters is 1. The predicted molar refractivity (Wildman–Crippen MR) is 180 cm³/mol. The van der Waals surface area contributed by atoms with E-state index in [2.05, 4.69) is 6.58 Å². The molecule has 6 atom stereocenters. The van der Waals surface area contributed by atoms with Crippen LogP contribution in [0.4, 0.5) is 0 Å². The van der Waals surface area contributed by atoms with Crippen LogP contribution in [0.15, 0.2) is 138 Å². The van der Waals surface area contributed by atoms with E-state index in [0.717, 1.165) is 5.56 Å². The summed E-state index contributed by atoms with van der Waals surface area (Å²) in [5.74, 6) is 0.409. The Balaban J connectivity index is 1.75. The lowest BCUT2D eigenvalue weighted by atomic mass is 9.86. The third kappa shape index (κ3) is 5.79. The van der Waals surface area contributed by atoms with Gasteiger partial charge in [-0.15, -0.1) is 0 Å². The van der Waals surface area contributed by atoms with Crippen LogP contribution in [0.2, 0.25) is 0 Å². The molecular formula is C37H42O8S. The summed E-state index contributed by atoms with van der Waals surface area (Å²) in [4.78, 5) is 11.8. The lowest BCUT2D eigenvalue weighted by Crippen LogP contribution is -2.58. The van der Waals surface area contributed by atoms with Crippen LogP contribution in [-0.4, -0.2) is 59.0 Å². The third-order valence-corrected chi connectivity index (χ3v) is 13.0. The molecule has 4 aliphatic rings. The second kappa shape index (κ2) is 14.1. The second-order valence-corrected chi connectivity index (χ2v) is 14.4. The van der Waals surface area contributed by atoms with Gasteiger partial charge in [-0.3, -0.25) is 4.79 Å². The van der Waals surface area contributed by atoms with Gasteiger partial charge in [0, 0.05) is 18.9 Å². The number of rotatable bonds is 10. The summed E-state index contributed by atoms with van der Waals surface area (Å²) in [6.07, 6.45) is 19.1. The number of benzene rings is 1. The normalized spacial score (nSPS) is 32.0. The van der Waals surface area contributed by atoms with Gasteiger partial charge in [0.15, 0.2) is 4.93 Å². The van der Waals surface area contributed by atoms with Crippen molar-refractivity contribution in [1.29, 1.82) is 0 Å². The largest absolute Gasteiger partial charge is 0.497 e. The maximum Gasteiger partial charge on any atom is 0.312 e. The summed E-state index contributed by atoms with van der Waals surface area (Å²) in [5, 5.41) is 23.8. The number of fused-ring (bicyclic) bond motifs is 3. The third-order valence-electron chi connectivity index (χ3n) is 8.63. The Bertz CT molecular complexity index is 1580. The van der Waals surface area contributed by atoms with E-state index in [1.165, 1.54) is 14.2 Å². The van der Waals surface area contributed by atoms with Gasteiger partial charge in [0.05, 0.1) is 43.5 Å². The Morgan fingerprint density at radius 1 is 1.17 bits per heavy atom. The van der Waals surface area contributed by atoms with Gasteiger partial charge < -0.3 is 33.3 Å². The van der Waals surface area contributed by atoms with E-state index in [1.807, 2.05) is 85.9 Å². The van der Waals surface area contributed by atoms with Crippen molar-refractivity contribution in [1.82, 2.24) is 0 Å². The number of ether oxygens (including phenoxy) is 4. The molecule has 0 bridgehead atoms. The molecule has 2 aliphatic heterocycles. The van der Waals surface area contributed by atoms with Crippen LogP contribution in [0.25, 0.3) is 0 Å². The number of methoxy groups -OCH3 is 3. The number of carbonyl (C=O) groups excluding carboxylic acids is 1. The van der Waals surface area contributed by atoms with E-state index in [9.17, 15) is 15.0 Å². The van der Waals surface area contributed by atoms with Crippen molar-refractivity contribution in [3.05, 3.63) is 143 Å². The fraction of sp³-hybridized carbons (Fsp3) is 0.324. The van der Waals surface area contributed by atoms with Crippen LogP contribution in [0.1, 0.15) is 25.3 Å². The molecule has 244 valence electrons. The summed E-state index contributed by atoms with van der Waals surface area (Å²) in [6, 6.07) is 9.84. The minimum absolute atomic E-state index is 0.188. The van der Waals surface area contributed by atoms with Gasteiger partial charge >= 0.3 is 5.97 Å². The van der Waals surface area contributed by atoms with Gasteiger partial charge in [0.2, 0.25) is 0 Å². The number of aliphatic hydroxyl groups excluding tert-OH is 1. The molecule has 2 aliphatic carbocycles. The van der Waals surface area contributed by atoms with E-state index in [4.69, 9.17) is 23.1 Å². The van der Waals surface area contributed by atoms with E-state index >= 15 is 0 Å². The van der Waals surface area contributed by atoms with Crippen LogP contribution in [-0.2, 0) is 34.5 Å². The monoisotopic (exact) mass is 646 g/mol. The maximum atomic E-state index is 13.6. The molecule has 1 aromatic rings. The van der Waals surface area contributed by atoms with E-state index in [0.29, 0.717) is 47.2 Å². The number of aliphatic hydroxyl groups is 2. The summed E-state index contributed by atoms with van der Waals surface area (Å²) in [5.41, 5.74) is 2.10. The fourth-order valence-corrected chi connectivity index (χ4v) is 11.5.